The molecule has 4 aliphatic rings. The molecule has 4 fully saturated rings. The lowest BCUT2D eigenvalue weighted by atomic mass is 9.55. The maximum Gasteiger partial charge on any atom is 0.310 e. The summed E-state index contributed by atoms with van der Waals surface area (Å²) in [5, 5.41) is 0. The first-order chi connectivity index (χ1) is 8.96. The van der Waals surface area contributed by atoms with Gasteiger partial charge in [-0.05, 0) is 43.1 Å². The molecule has 2 aliphatic heterocycles. The molecular weight excluding hydrogens is 238 g/mol. The largest absolute Gasteiger partial charge is 0.460 e. The molecule has 2 saturated heterocycles. The fourth-order valence-electron chi connectivity index (χ4n) is 6.32. The van der Waals surface area contributed by atoms with Gasteiger partial charge in [-0.3, -0.25) is 9.69 Å². The molecule has 4 rings (SSSR count). The lowest BCUT2D eigenvalue weighted by Crippen LogP contribution is -2.57. The van der Waals surface area contributed by atoms with Crippen molar-refractivity contribution in [1.82, 2.24) is 4.90 Å². The van der Waals surface area contributed by atoms with Crippen molar-refractivity contribution in [2.45, 2.75) is 45.8 Å². The normalized spacial score (nSPS) is 55.7. The topological polar surface area (TPSA) is 29.5 Å². The third-order valence-corrected chi connectivity index (χ3v) is 6.96. The second-order valence-electron chi connectivity index (χ2n) is 7.88. The average Bonchev–Trinajstić information content (AvgIpc) is 2.86. The highest BCUT2D eigenvalue weighted by atomic mass is 16.6. The molecule has 2 bridgehead atoms. The third-order valence-electron chi connectivity index (χ3n) is 6.96. The number of likely N-dealkylation sites (N-methyl/N-ethyl adjacent to an activating group) is 1. The average molecular weight is 263 g/mol. The molecule has 7 atom stereocenters. The summed E-state index contributed by atoms with van der Waals surface area (Å²) in [6.45, 7) is 8.17. The van der Waals surface area contributed by atoms with E-state index in [-0.39, 0.29) is 18.0 Å². The van der Waals surface area contributed by atoms with Crippen molar-refractivity contribution in [2.24, 2.45) is 35.0 Å². The molecule has 0 aromatic rings. The lowest BCUT2D eigenvalue weighted by Gasteiger charge is -2.49. The smallest absolute Gasteiger partial charge is 0.310 e. The molecule has 3 nitrogen and oxygen atoms in total. The summed E-state index contributed by atoms with van der Waals surface area (Å²) in [4.78, 5) is 14.9. The van der Waals surface area contributed by atoms with E-state index < -0.39 is 0 Å². The van der Waals surface area contributed by atoms with E-state index in [4.69, 9.17) is 4.74 Å². The summed E-state index contributed by atoms with van der Waals surface area (Å²) in [6.07, 6.45) is 2.69. The summed E-state index contributed by atoms with van der Waals surface area (Å²) in [5.41, 5.74) is 0.321. The zero-order valence-electron chi connectivity index (χ0n) is 12.4. The predicted octanol–water partition coefficient (Wildman–Crippen LogP) is 2.16. The maximum atomic E-state index is 12.4. The standard InChI is InChI=1S/C16H25NO2/c1-8(2)11-12-10-6-5-9-7-17(4)14(16(9,10)3)13(11)19-15(12)18/h8-14H,5-7H2,1-4H3/t9-,10?,11?,12?,13+,14+,16+/m1/s1. The molecule has 3 heteroatoms. The number of nitrogens with zero attached hydrogens (tertiary/aromatic N) is 1. The van der Waals surface area contributed by atoms with E-state index in [1.54, 1.807) is 0 Å². The van der Waals surface area contributed by atoms with Crippen LogP contribution in [0.4, 0.5) is 0 Å². The van der Waals surface area contributed by atoms with Gasteiger partial charge in [0, 0.05) is 12.5 Å². The number of hydrogen-bond donors (Lipinski definition) is 0. The number of likely N-dealkylation sites (tertiary alicyclic amines) is 1. The lowest BCUT2D eigenvalue weighted by molar-refractivity contribution is -0.145. The van der Waals surface area contributed by atoms with Crippen molar-refractivity contribution in [3.63, 3.8) is 0 Å². The number of fused-ring (bicyclic) bond motifs is 4. The number of ether oxygens (including phenoxy) is 1. The van der Waals surface area contributed by atoms with Crippen molar-refractivity contribution in [2.75, 3.05) is 13.6 Å². The SMILES string of the molecule is CC(C)C1C2C(=O)O[C@@H]1[C@@H]1N(C)C[C@H]3CCC2[C@]31C. The van der Waals surface area contributed by atoms with Gasteiger partial charge < -0.3 is 4.74 Å². The first-order valence-corrected chi connectivity index (χ1v) is 7.87. The Bertz CT molecular complexity index is 434. The van der Waals surface area contributed by atoms with Crippen LogP contribution in [-0.4, -0.2) is 36.6 Å². The highest BCUT2D eigenvalue weighted by Crippen LogP contribution is 2.66. The van der Waals surface area contributed by atoms with Crippen LogP contribution in [-0.2, 0) is 9.53 Å². The van der Waals surface area contributed by atoms with Crippen molar-refractivity contribution >= 4 is 5.97 Å². The molecule has 19 heavy (non-hydrogen) atoms. The minimum absolute atomic E-state index is 0.110. The molecule has 0 amide bonds. The van der Waals surface area contributed by atoms with Gasteiger partial charge in [0.2, 0.25) is 0 Å². The van der Waals surface area contributed by atoms with E-state index in [9.17, 15) is 4.79 Å². The van der Waals surface area contributed by atoms with E-state index in [0.717, 1.165) is 5.92 Å². The quantitative estimate of drug-likeness (QED) is 0.679. The Balaban J connectivity index is 1.85. The Labute approximate surface area is 115 Å². The summed E-state index contributed by atoms with van der Waals surface area (Å²) in [7, 11) is 2.23. The van der Waals surface area contributed by atoms with Crippen molar-refractivity contribution < 1.29 is 9.53 Å². The Morgan fingerprint density at radius 1 is 1.37 bits per heavy atom. The predicted molar refractivity (Wildman–Crippen MR) is 72.4 cm³/mol. The zero-order valence-corrected chi connectivity index (χ0v) is 12.4. The van der Waals surface area contributed by atoms with Crippen LogP contribution in [0.3, 0.4) is 0 Å². The van der Waals surface area contributed by atoms with Crippen LogP contribution in [0, 0.1) is 35.0 Å². The van der Waals surface area contributed by atoms with Crippen LogP contribution in [0.1, 0.15) is 33.6 Å². The molecule has 2 heterocycles. The van der Waals surface area contributed by atoms with Gasteiger partial charge >= 0.3 is 5.97 Å². The van der Waals surface area contributed by atoms with Gasteiger partial charge in [-0.2, -0.15) is 0 Å². The number of esters is 1. The van der Waals surface area contributed by atoms with E-state index in [0.29, 0.717) is 29.2 Å². The van der Waals surface area contributed by atoms with Crippen LogP contribution in [0.2, 0.25) is 0 Å². The van der Waals surface area contributed by atoms with Crippen LogP contribution in [0.15, 0.2) is 0 Å². The second kappa shape index (κ2) is 3.55. The van der Waals surface area contributed by atoms with Crippen LogP contribution in [0.5, 0.6) is 0 Å². The molecule has 0 radical (unpaired) electrons. The third kappa shape index (κ3) is 1.22. The van der Waals surface area contributed by atoms with E-state index >= 15 is 0 Å². The van der Waals surface area contributed by atoms with Crippen molar-refractivity contribution in [3.05, 3.63) is 0 Å². The summed E-state index contributed by atoms with van der Waals surface area (Å²) in [5.74, 6) is 2.61. The van der Waals surface area contributed by atoms with Crippen LogP contribution >= 0.6 is 0 Å². The Morgan fingerprint density at radius 3 is 2.79 bits per heavy atom. The van der Waals surface area contributed by atoms with Crippen molar-refractivity contribution in [1.29, 1.82) is 0 Å². The molecule has 0 aromatic heterocycles. The number of carbonyl (C=O) groups excluding carboxylic acids is 1. The van der Waals surface area contributed by atoms with Crippen molar-refractivity contribution in [3.8, 4) is 0 Å². The number of hydrogen-bond acceptors (Lipinski definition) is 3. The van der Waals surface area contributed by atoms with Gasteiger partial charge in [0.25, 0.3) is 0 Å². The van der Waals surface area contributed by atoms with Gasteiger partial charge in [-0.15, -0.1) is 0 Å². The van der Waals surface area contributed by atoms with Gasteiger partial charge in [-0.1, -0.05) is 20.8 Å². The molecule has 0 spiro atoms. The molecule has 2 saturated carbocycles. The monoisotopic (exact) mass is 263 g/mol. The summed E-state index contributed by atoms with van der Waals surface area (Å²) >= 11 is 0. The molecular formula is C16H25NO2. The molecule has 0 aromatic carbocycles. The minimum Gasteiger partial charge on any atom is -0.460 e. The van der Waals surface area contributed by atoms with Gasteiger partial charge in [0.05, 0.1) is 12.0 Å². The maximum absolute atomic E-state index is 12.4. The highest BCUT2D eigenvalue weighted by molar-refractivity contribution is 5.77. The summed E-state index contributed by atoms with van der Waals surface area (Å²) < 4.78 is 5.88. The number of carbonyl (C=O) groups is 1. The fraction of sp³-hybridized carbons (Fsp3) is 0.938. The minimum atomic E-state index is 0.110. The summed E-state index contributed by atoms with van der Waals surface area (Å²) in [6, 6.07) is 0.458. The Morgan fingerprint density at radius 2 is 2.11 bits per heavy atom. The highest BCUT2D eigenvalue weighted by Gasteiger charge is 2.71. The molecule has 106 valence electrons. The second-order valence-corrected chi connectivity index (χ2v) is 7.88. The van der Waals surface area contributed by atoms with Crippen LogP contribution in [0.25, 0.3) is 0 Å². The number of rotatable bonds is 1. The first kappa shape index (κ1) is 12.2. The molecule has 0 N–H and O–H groups in total. The van der Waals surface area contributed by atoms with Gasteiger partial charge in [0.15, 0.2) is 0 Å². The zero-order chi connectivity index (χ0) is 13.5. The van der Waals surface area contributed by atoms with Gasteiger partial charge in [-0.25, -0.2) is 0 Å². The van der Waals surface area contributed by atoms with E-state index in [1.807, 2.05) is 0 Å². The molecule has 3 unspecified atom stereocenters. The van der Waals surface area contributed by atoms with E-state index in [2.05, 4.69) is 32.7 Å². The Kier molecular flexibility index (Phi) is 2.27. The van der Waals surface area contributed by atoms with Crippen LogP contribution < -0.4 is 0 Å². The van der Waals surface area contributed by atoms with E-state index in [1.165, 1.54) is 19.4 Å². The first-order valence-electron chi connectivity index (χ1n) is 7.87. The molecule has 2 aliphatic carbocycles. The fourth-order valence-corrected chi connectivity index (χ4v) is 6.32. The van der Waals surface area contributed by atoms with Gasteiger partial charge in [0.1, 0.15) is 6.10 Å². The Hall–Kier alpha value is -0.570.